The lowest BCUT2D eigenvalue weighted by atomic mass is 9.92. The first kappa shape index (κ1) is 14.9. The molecule has 1 N–H and O–H groups in total. The van der Waals surface area contributed by atoms with Gasteiger partial charge < -0.3 is 5.32 Å². The molecule has 0 unspecified atom stereocenters. The van der Waals surface area contributed by atoms with E-state index in [4.69, 9.17) is 0 Å². The number of hydrogen-bond acceptors (Lipinski definition) is 4. The van der Waals surface area contributed by atoms with Crippen LogP contribution in [0, 0.1) is 6.92 Å². The highest BCUT2D eigenvalue weighted by Gasteiger charge is 2.25. The summed E-state index contributed by atoms with van der Waals surface area (Å²) in [6.45, 7) is 3.36. The van der Waals surface area contributed by atoms with Crippen LogP contribution >= 0.6 is 0 Å². The van der Waals surface area contributed by atoms with Gasteiger partial charge in [-0.25, -0.2) is 0 Å². The molecular weight excluding hydrogens is 290 g/mol. The summed E-state index contributed by atoms with van der Waals surface area (Å²) in [6, 6.07) is 12.0. The van der Waals surface area contributed by atoms with Crippen LogP contribution in [0.2, 0.25) is 0 Å². The Hall–Kier alpha value is -3.01. The van der Waals surface area contributed by atoms with Crippen LogP contribution in [0.4, 0.5) is 5.69 Å². The molecule has 3 rings (SSSR count). The molecule has 23 heavy (non-hydrogen) atoms. The average Bonchev–Trinajstić information content (AvgIpc) is 2.54. The van der Waals surface area contributed by atoms with Crippen molar-refractivity contribution < 1.29 is 14.4 Å². The summed E-state index contributed by atoms with van der Waals surface area (Å²) < 4.78 is 0. The molecule has 0 aromatic heterocycles. The fraction of sp³-hybridized carbons (Fsp3) is 0.105. The number of aryl methyl sites for hydroxylation is 1. The predicted molar refractivity (Wildman–Crippen MR) is 88.0 cm³/mol. The lowest BCUT2D eigenvalue weighted by Gasteiger charge is -2.18. The van der Waals surface area contributed by atoms with Gasteiger partial charge in [0, 0.05) is 28.5 Å². The van der Waals surface area contributed by atoms with E-state index in [9.17, 15) is 14.4 Å². The van der Waals surface area contributed by atoms with Gasteiger partial charge in [0.05, 0.1) is 5.70 Å². The lowest BCUT2D eigenvalue weighted by Crippen LogP contribution is -2.21. The lowest BCUT2D eigenvalue weighted by molar-refractivity contribution is 0.0985. The van der Waals surface area contributed by atoms with Gasteiger partial charge in [-0.3, -0.25) is 14.4 Å². The average molecular weight is 305 g/mol. The van der Waals surface area contributed by atoms with E-state index in [0.29, 0.717) is 22.4 Å². The van der Waals surface area contributed by atoms with Crippen LogP contribution in [-0.2, 0) is 0 Å². The van der Waals surface area contributed by atoms with Gasteiger partial charge in [-0.2, -0.15) is 0 Å². The van der Waals surface area contributed by atoms with Crippen molar-refractivity contribution in [2.24, 2.45) is 0 Å². The highest BCUT2D eigenvalue weighted by atomic mass is 16.1. The van der Waals surface area contributed by atoms with Gasteiger partial charge in [-0.15, -0.1) is 0 Å². The van der Waals surface area contributed by atoms with E-state index < -0.39 is 0 Å². The maximum absolute atomic E-state index is 12.5. The van der Waals surface area contributed by atoms with Crippen molar-refractivity contribution in [3.05, 3.63) is 76.5 Å². The van der Waals surface area contributed by atoms with Gasteiger partial charge in [0.2, 0.25) is 5.78 Å². The Kier molecular flexibility index (Phi) is 3.66. The Morgan fingerprint density at radius 1 is 1.00 bits per heavy atom. The van der Waals surface area contributed by atoms with Crippen molar-refractivity contribution in [2.45, 2.75) is 13.8 Å². The third kappa shape index (κ3) is 2.71. The molecule has 0 radical (unpaired) electrons. The fourth-order valence-electron chi connectivity index (χ4n) is 2.53. The summed E-state index contributed by atoms with van der Waals surface area (Å²) in [5, 5.41) is 3.00. The fourth-order valence-corrected chi connectivity index (χ4v) is 2.53. The Balaban J connectivity index is 1.99. The van der Waals surface area contributed by atoms with Crippen LogP contribution in [0.15, 0.2) is 54.2 Å². The summed E-state index contributed by atoms with van der Waals surface area (Å²) in [6.07, 6.45) is 1.31. The van der Waals surface area contributed by atoms with Crippen LogP contribution in [-0.4, -0.2) is 17.3 Å². The minimum Gasteiger partial charge on any atom is -0.352 e. The van der Waals surface area contributed by atoms with Crippen LogP contribution in [0.1, 0.15) is 43.6 Å². The Labute approximate surface area is 133 Å². The summed E-state index contributed by atoms with van der Waals surface area (Å²) in [7, 11) is 0. The van der Waals surface area contributed by atoms with Gasteiger partial charge in [0.15, 0.2) is 11.6 Å². The van der Waals surface area contributed by atoms with Crippen LogP contribution in [0.3, 0.4) is 0 Å². The highest BCUT2D eigenvalue weighted by molar-refractivity contribution is 6.25. The molecule has 0 bridgehead atoms. The first-order valence-corrected chi connectivity index (χ1v) is 7.26. The topological polar surface area (TPSA) is 63.2 Å². The molecule has 0 aliphatic heterocycles. The number of fused-ring (bicyclic) bond motifs is 1. The number of benzene rings is 2. The molecule has 1 aliphatic rings. The molecule has 0 atom stereocenters. The normalized spacial score (nSPS) is 13.4. The summed E-state index contributed by atoms with van der Waals surface area (Å²) in [5.41, 5.74) is 3.10. The maximum Gasteiger partial charge on any atom is 0.210 e. The molecule has 0 saturated heterocycles. The molecule has 2 aromatic carbocycles. The van der Waals surface area contributed by atoms with Crippen molar-refractivity contribution in [3.8, 4) is 0 Å². The second-order valence-electron chi connectivity index (χ2n) is 5.51. The summed E-state index contributed by atoms with van der Waals surface area (Å²) >= 11 is 0. The van der Waals surface area contributed by atoms with Gasteiger partial charge in [-0.1, -0.05) is 36.4 Å². The van der Waals surface area contributed by atoms with E-state index in [2.05, 4.69) is 5.32 Å². The number of ketones is 3. The first-order valence-electron chi connectivity index (χ1n) is 7.26. The standard InChI is InChI=1S/C19H15NO3/c1-11-7-8-13(12(2)21)9-16(11)20-17-10-18(22)14-5-3-4-6-15(14)19(17)23/h3-10,20H,1-2H3. The van der Waals surface area contributed by atoms with Crippen molar-refractivity contribution in [1.29, 1.82) is 0 Å². The number of rotatable bonds is 3. The van der Waals surface area contributed by atoms with Gasteiger partial charge in [0.1, 0.15) is 0 Å². The largest absolute Gasteiger partial charge is 0.352 e. The number of nitrogens with one attached hydrogen (secondary N) is 1. The quantitative estimate of drug-likeness (QED) is 0.880. The zero-order valence-electron chi connectivity index (χ0n) is 12.8. The second kappa shape index (κ2) is 5.65. The van der Waals surface area contributed by atoms with Crippen molar-refractivity contribution in [1.82, 2.24) is 0 Å². The molecule has 4 nitrogen and oxygen atoms in total. The van der Waals surface area contributed by atoms with Crippen molar-refractivity contribution in [2.75, 3.05) is 5.32 Å². The van der Waals surface area contributed by atoms with E-state index in [-0.39, 0.29) is 23.0 Å². The minimum absolute atomic E-state index is 0.0570. The number of anilines is 1. The molecule has 0 amide bonds. The van der Waals surface area contributed by atoms with Crippen LogP contribution in [0.25, 0.3) is 0 Å². The zero-order valence-corrected chi connectivity index (χ0v) is 12.8. The molecule has 2 aromatic rings. The predicted octanol–water partition coefficient (Wildman–Crippen LogP) is 3.57. The Bertz CT molecular complexity index is 878. The van der Waals surface area contributed by atoms with E-state index >= 15 is 0 Å². The van der Waals surface area contributed by atoms with Gasteiger partial charge in [-0.05, 0) is 25.5 Å². The van der Waals surface area contributed by atoms with E-state index in [1.54, 1.807) is 36.4 Å². The van der Waals surface area contributed by atoms with Gasteiger partial charge >= 0.3 is 0 Å². The summed E-state index contributed by atoms with van der Waals surface area (Å²) in [5.74, 6) is -0.491. The third-order valence-electron chi connectivity index (χ3n) is 3.87. The smallest absolute Gasteiger partial charge is 0.210 e. The van der Waals surface area contributed by atoms with Crippen LogP contribution in [0.5, 0.6) is 0 Å². The molecule has 114 valence electrons. The highest BCUT2D eigenvalue weighted by Crippen LogP contribution is 2.25. The van der Waals surface area contributed by atoms with E-state index in [1.807, 2.05) is 13.0 Å². The zero-order chi connectivity index (χ0) is 16.6. The third-order valence-corrected chi connectivity index (χ3v) is 3.87. The SMILES string of the molecule is CC(=O)c1ccc(C)c(NC2=CC(=O)c3ccccc3C2=O)c1. The first-order chi connectivity index (χ1) is 11.0. The number of hydrogen-bond donors (Lipinski definition) is 1. The number of Topliss-reactive ketones (excluding diaryl/α,β-unsaturated/α-hetero) is 2. The molecule has 4 heteroatoms. The molecular formula is C19H15NO3. The monoisotopic (exact) mass is 305 g/mol. The minimum atomic E-state index is -0.229. The Morgan fingerprint density at radius 3 is 2.39 bits per heavy atom. The number of carbonyl (C=O) groups excluding carboxylic acids is 3. The second-order valence-corrected chi connectivity index (χ2v) is 5.51. The molecule has 0 spiro atoms. The van der Waals surface area contributed by atoms with Crippen molar-refractivity contribution >= 4 is 23.0 Å². The molecule has 0 fully saturated rings. The van der Waals surface area contributed by atoms with Crippen LogP contribution < -0.4 is 5.32 Å². The van der Waals surface area contributed by atoms with Crippen molar-refractivity contribution in [3.63, 3.8) is 0 Å². The molecule has 0 saturated carbocycles. The van der Waals surface area contributed by atoms with Gasteiger partial charge in [0.25, 0.3) is 0 Å². The molecule has 1 aliphatic carbocycles. The Morgan fingerprint density at radius 2 is 1.70 bits per heavy atom. The number of carbonyl (C=O) groups is 3. The van der Waals surface area contributed by atoms with E-state index in [1.165, 1.54) is 13.0 Å². The summed E-state index contributed by atoms with van der Waals surface area (Å²) in [4.78, 5) is 36.2. The maximum atomic E-state index is 12.5. The molecule has 0 heterocycles. The number of allylic oxidation sites excluding steroid dienone is 2. The van der Waals surface area contributed by atoms with E-state index in [0.717, 1.165) is 5.56 Å².